The maximum atomic E-state index is 12.1. The van der Waals surface area contributed by atoms with Crippen LogP contribution in [-0.4, -0.2) is 24.4 Å². The van der Waals surface area contributed by atoms with Crippen LogP contribution in [0.25, 0.3) is 11.1 Å². The third-order valence-electron chi connectivity index (χ3n) is 5.12. The maximum Gasteiger partial charge on any atom is 0.407 e. The molecule has 4 N–H and O–H groups in total. The topological polar surface area (TPSA) is 84.6 Å². The summed E-state index contributed by atoms with van der Waals surface area (Å²) in [5.74, 6) is 6.04. The van der Waals surface area contributed by atoms with Crippen LogP contribution in [0.2, 0.25) is 0 Å². The molecule has 0 saturated carbocycles. The van der Waals surface area contributed by atoms with E-state index in [2.05, 4.69) is 41.4 Å². The minimum Gasteiger partial charge on any atom is -0.508 e. The van der Waals surface area contributed by atoms with Crippen LogP contribution in [-0.2, 0) is 4.74 Å². The molecule has 0 bridgehead atoms. The summed E-state index contributed by atoms with van der Waals surface area (Å²) < 4.78 is 5.49. The first kappa shape index (κ1) is 19.4. The summed E-state index contributed by atoms with van der Waals surface area (Å²) in [6.45, 7) is 0.664. The van der Waals surface area contributed by atoms with E-state index in [-0.39, 0.29) is 18.3 Å². The first-order valence-electron chi connectivity index (χ1n) is 9.79. The van der Waals surface area contributed by atoms with Crippen molar-refractivity contribution >= 4 is 11.8 Å². The van der Waals surface area contributed by atoms with Crippen molar-refractivity contribution in [1.29, 1.82) is 0 Å². The van der Waals surface area contributed by atoms with Gasteiger partial charge < -0.3 is 20.9 Å². The van der Waals surface area contributed by atoms with Crippen LogP contribution in [0.15, 0.2) is 66.7 Å². The van der Waals surface area contributed by atoms with E-state index in [0.717, 1.165) is 0 Å². The van der Waals surface area contributed by atoms with Crippen molar-refractivity contribution in [2.24, 2.45) is 0 Å². The minimum absolute atomic E-state index is 0.0420. The molecule has 5 heteroatoms. The fourth-order valence-corrected chi connectivity index (χ4v) is 3.70. The Bertz CT molecular complexity index is 1100. The van der Waals surface area contributed by atoms with Gasteiger partial charge >= 0.3 is 6.09 Å². The summed E-state index contributed by atoms with van der Waals surface area (Å²) in [6.07, 6.45) is 0.00708. The minimum atomic E-state index is -0.456. The SMILES string of the molecule is Nc1cc(O)ccc1C#CCCNC(=O)OCC1c2ccccc2-c2ccccc21. The van der Waals surface area contributed by atoms with Gasteiger partial charge in [0.2, 0.25) is 0 Å². The number of amides is 1. The van der Waals surface area contributed by atoms with Crippen molar-refractivity contribution in [2.45, 2.75) is 12.3 Å². The Balaban J connectivity index is 1.29. The van der Waals surface area contributed by atoms with Gasteiger partial charge in [-0.1, -0.05) is 60.4 Å². The largest absolute Gasteiger partial charge is 0.508 e. The molecule has 0 unspecified atom stereocenters. The van der Waals surface area contributed by atoms with Gasteiger partial charge in [0.1, 0.15) is 12.4 Å². The lowest BCUT2D eigenvalue weighted by molar-refractivity contribution is 0.143. The predicted molar refractivity (Wildman–Crippen MR) is 117 cm³/mol. The first-order chi connectivity index (χ1) is 14.6. The highest BCUT2D eigenvalue weighted by Gasteiger charge is 2.28. The second kappa shape index (κ2) is 8.62. The van der Waals surface area contributed by atoms with Crippen molar-refractivity contribution < 1.29 is 14.6 Å². The molecule has 0 saturated heterocycles. The highest BCUT2D eigenvalue weighted by atomic mass is 16.5. The Kier molecular flexibility index (Phi) is 5.58. The average Bonchev–Trinajstić information content (AvgIpc) is 3.07. The van der Waals surface area contributed by atoms with Gasteiger partial charge in [-0.25, -0.2) is 4.79 Å². The fourth-order valence-electron chi connectivity index (χ4n) is 3.70. The number of anilines is 1. The number of nitrogen functional groups attached to an aromatic ring is 1. The van der Waals surface area contributed by atoms with Gasteiger partial charge in [0.05, 0.1) is 5.69 Å². The number of fused-ring (bicyclic) bond motifs is 3. The quantitative estimate of drug-likeness (QED) is 0.348. The molecule has 0 fully saturated rings. The number of alkyl carbamates (subject to hydrolysis) is 1. The summed E-state index contributed by atoms with van der Waals surface area (Å²) in [6, 6.07) is 21.1. The summed E-state index contributed by atoms with van der Waals surface area (Å²) in [4.78, 5) is 12.1. The van der Waals surface area contributed by atoms with E-state index in [4.69, 9.17) is 10.5 Å². The van der Waals surface area contributed by atoms with Crippen LogP contribution >= 0.6 is 0 Å². The van der Waals surface area contributed by atoms with E-state index in [0.29, 0.717) is 24.2 Å². The number of hydrogen-bond donors (Lipinski definition) is 3. The molecule has 0 atom stereocenters. The van der Waals surface area contributed by atoms with Crippen LogP contribution in [0.3, 0.4) is 0 Å². The molecule has 0 radical (unpaired) electrons. The Hall–Kier alpha value is -3.91. The van der Waals surface area contributed by atoms with Gasteiger partial charge in [0, 0.05) is 30.5 Å². The molecule has 30 heavy (non-hydrogen) atoms. The molecular weight excluding hydrogens is 376 g/mol. The molecule has 4 rings (SSSR count). The third-order valence-corrected chi connectivity index (χ3v) is 5.12. The van der Waals surface area contributed by atoms with Gasteiger partial charge in [0.15, 0.2) is 0 Å². The molecule has 5 nitrogen and oxygen atoms in total. The van der Waals surface area contributed by atoms with E-state index >= 15 is 0 Å². The maximum absolute atomic E-state index is 12.1. The van der Waals surface area contributed by atoms with Crippen LogP contribution in [0, 0.1) is 11.8 Å². The van der Waals surface area contributed by atoms with E-state index < -0.39 is 6.09 Å². The standard InChI is InChI=1S/C25H22N2O3/c26-24-15-18(28)13-12-17(24)7-5-6-14-27-25(29)30-16-23-21-10-3-1-8-19(21)20-9-2-4-11-22(20)23/h1-4,8-13,15,23,28H,6,14,16,26H2,(H,27,29). The lowest BCUT2D eigenvalue weighted by Crippen LogP contribution is -2.26. The average molecular weight is 398 g/mol. The monoisotopic (exact) mass is 398 g/mol. The molecule has 150 valence electrons. The van der Waals surface area contributed by atoms with E-state index in [1.807, 2.05) is 24.3 Å². The molecule has 0 aliphatic heterocycles. The van der Waals surface area contributed by atoms with E-state index in [1.165, 1.54) is 34.4 Å². The number of benzene rings is 3. The van der Waals surface area contributed by atoms with Gasteiger partial charge in [-0.3, -0.25) is 0 Å². The van der Waals surface area contributed by atoms with Crippen LogP contribution in [0.4, 0.5) is 10.5 Å². The summed E-state index contributed by atoms with van der Waals surface area (Å²) in [5, 5.41) is 12.1. The normalized spacial score (nSPS) is 11.7. The molecule has 3 aromatic rings. The molecule has 0 heterocycles. The number of ether oxygens (including phenoxy) is 1. The lowest BCUT2D eigenvalue weighted by atomic mass is 9.98. The molecule has 0 aromatic heterocycles. The molecular formula is C25H22N2O3. The lowest BCUT2D eigenvalue weighted by Gasteiger charge is -2.14. The first-order valence-corrected chi connectivity index (χ1v) is 9.79. The van der Waals surface area contributed by atoms with E-state index in [9.17, 15) is 9.90 Å². The number of nitrogens with two attached hydrogens (primary N) is 1. The number of aromatic hydroxyl groups is 1. The highest BCUT2D eigenvalue weighted by molar-refractivity contribution is 5.79. The van der Waals surface area contributed by atoms with Crippen LogP contribution in [0.5, 0.6) is 5.75 Å². The van der Waals surface area contributed by atoms with Gasteiger partial charge in [-0.2, -0.15) is 0 Å². The van der Waals surface area contributed by atoms with Crippen molar-refractivity contribution in [3.63, 3.8) is 0 Å². The van der Waals surface area contributed by atoms with Crippen molar-refractivity contribution in [1.82, 2.24) is 5.32 Å². The molecule has 1 aliphatic rings. The molecule has 0 spiro atoms. The zero-order valence-electron chi connectivity index (χ0n) is 16.4. The number of carbonyl (C=O) groups is 1. The Morgan fingerprint density at radius 3 is 2.37 bits per heavy atom. The number of rotatable bonds is 4. The molecule has 1 aliphatic carbocycles. The number of phenols is 1. The van der Waals surface area contributed by atoms with Crippen LogP contribution in [0.1, 0.15) is 29.0 Å². The van der Waals surface area contributed by atoms with Crippen molar-refractivity contribution in [3.05, 3.63) is 83.4 Å². The second-order valence-electron chi connectivity index (χ2n) is 7.08. The highest BCUT2D eigenvalue weighted by Crippen LogP contribution is 2.44. The zero-order valence-corrected chi connectivity index (χ0v) is 16.4. The summed E-state index contributed by atoms with van der Waals surface area (Å²) >= 11 is 0. The van der Waals surface area contributed by atoms with Gasteiger partial charge in [0.25, 0.3) is 0 Å². The number of phenolic OH excluding ortho intramolecular Hbond substituents is 1. The summed E-state index contributed by atoms with van der Waals surface area (Å²) in [7, 11) is 0. The van der Waals surface area contributed by atoms with Gasteiger partial charge in [-0.05, 0) is 34.4 Å². The van der Waals surface area contributed by atoms with Crippen LogP contribution < -0.4 is 11.1 Å². The number of hydrogen-bond acceptors (Lipinski definition) is 4. The van der Waals surface area contributed by atoms with Crippen molar-refractivity contribution in [3.8, 4) is 28.7 Å². The molecule has 1 amide bonds. The summed E-state index contributed by atoms with van der Waals surface area (Å²) in [5.41, 5.74) is 11.6. The van der Waals surface area contributed by atoms with Gasteiger partial charge in [-0.15, -0.1) is 0 Å². The molecule has 3 aromatic carbocycles. The smallest absolute Gasteiger partial charge is 0.407 e. The Labute approximate surface area is 175 Å². The predicted octanol–water partition coefficient (Wildman–Crippen LogP) is 4.25. The second-order valence-corrected chi connectivity index (χ2v) is 7.08. The van der Waals surface area contributed by atoms with E-state index in [1.54, 1.807) is 6.07 Å². The zero-order chi connectivity index (χ0) is 20.9. The van der Waals surface area contributed by atoms with Crippen molar-refractivity contribution in [2.75, 3.05) is 18.9 Å². The Morgan fingerprint density at radius 1 is 1.03 bits per heavy atom. The third kappa shape index (κ3) is 4.08. The Morgan fingerprint density at radius 2 is 1.70 bits per heavy atom. The number of carbonyl (C=O) groups excluding carboxylic acids is 1. The fraction of sp³-hybridized carbons (Fsp3) is 0.160. The number of nitrogens with one attached hydrogen (secondary N) is 1.